The highest BCUT2D eigenvalue weighted by Gasteiger charge is 2.46. The first-order valence-electron chi connectivity index (χ1n) is 15.9. The van der Waals surface area contributed by atoms with Crippen LogP contribution in [-0.4, -0.2) is 104 Å². The van der Waals surface area contributed by atoms with Crippen molar-refractivity contribution >= 4 is 56.2 Å². The summed E-state index contributed by atoms with van der Waals surface area (Å²) < 4.78 is 26.5. The number of hydrogen-bond acceptors (Lipinski definition) is 9. The Bertz CT molecular complexity index is 1700. The molecular weight excluding hydrogens is 624 g/mol. The van der Waals surface area contributed by atoms with Crippen LogP contribution < -0.4 is 16.1 Å². The molecule has 3 amide bonds. The van der Waals surface area contributed by atoms with Crippen LogP contribution in [0.15, 0.2) is 36.4 Å². The van der Waals surface area contributed by atoms with Gasteiger partial charge in [-0.1, -0.05) is 38.1 Å². The molecule has 2 aromatic rings. The van der Waals surface area contributed by atoms with Gasteiger partial charge in [0.1, 0.15) is 12.1 Å². The molecule has 0 aliphatic carbocycles. The van der Waals surface area contributed by atoms with Gasteiger partial charge in [-0.3, -0.25) is 28.6 Å². The Morgan fingerprint density at radius 2 is 1.77 bits per heavy atom. The second kappa shape index (κ2) is 13.7. The molecule has 3 aliphatic heterocycles. The average molecular weight is 669 g/mol. The van der Waals surface area contributed by atoms with Gasteiger partial charge in [0.25, 0.3) is 11.8 Å². The van der Waals surface area contributed by atoms with E-state index in [0.29, 0.717) is 36.2 Å². The minimum absolute atomic E-state index is 0.0694. The number of fused-ring (bicyclic) bond motifs is 4. The quantitative estimate of drug-likeness (QED) is 0.317. The van der Waals surface area contributed by atoms with E-state index in [4.69, 9.17) is 14.5 Å². The molecule has 1 aromatic carbocycles. The van der Waals surface area contributed by atoms with Gasteiger partial charge in [-0.15, -0.1) is 0 Å². The predicted molar refractivity (Wildman–Crippen MR) is 179 cm³/mol. The second-order valence-electron chi connectivity index (χ2n) is 12.9. The van der Waals surface area contributed by atoms with E-state index in [1.54, 1.807) is 30.3 Å². The molecule has 1 spiro atoms. The second-order valence-corrected chi connectivity index (χ2v) is 15.4. The van der Waals surface area contributed by atoms with E-state index >= 15 is 0 Å². The van der Waals surface area contributed by atoms with Gasteiger partial charge in [0.2, 0.25) is 5.91 Å². The summed E-state index contributed by atoms with van der Waals surface area (Å²) in [7, 11) is -2.71. The van der Waals surface area contributed by atoms with Crippen LogP contribution in [-0.2, 0) is 38.4 Å². The molecule has 6 atom stereocenters. The monoisotopic (exact) mass is 668 g/mol. The Morgan fingerprint density at radius 3 is 2.49 bits per heavy atom. The lowest BCUT2D eigenvalue weighted by molar-refractivity contribution is -0.182. The van der Waals surface area contributed by atoms with Crippen molar-refractivity contribution in [3.8, 4) is 0 Å². The highest BCUT2D eigenvalue weighted by Crippen LogP contribution is 2.27. The van der Waals surface area contributed by atoms with Crippen molar-refractivity contribution < 1.29 is 32.9 Å². The molecule has 3 N–H and O–H groups in total. The summed E-state index contributed by atoms with van der Waals surface area (Å²) in [6.07, 6.45) is 4.60. The lowest BCUT2D eigenvalue weighted by Gasteiger charge is -2.40. The SMILES string of the molecule is C=S(C)(=O)N1CCOC2(/C=C/c3ccc4ccc(nc4c3)[C@@H](C)NC(=O)[C@@H]3CCCN(N3)C(=O)[C@H](C)NC(=O)[C@H](C(C)C)OC2=O)C1. The number of esters is 1. The molecule has 2 saturated heterocycles. The van der Waals surface area contributed by atoms with E-state index in [2.05, 4.69) is 21.9 Å². The van der Waals surface area contributed by atoms with E-state index in [9.17, 15) is 23.4 Å². The third-order valence-electron chi connectivity index (χ3n) is 8.68. The van der Waals surface area contributed by atoms with Crippen molar-refractivity contribution in [2.24, 2.45) is 5.92 Å². The molecule has 2 unspecified atom stereocenters. The third-order valence-corrected chi connectivity index (χ3v) is 10.1. The summed E-state index contributed by atoms with van der Waals surface area (Å²) in [5, 5.41) is 7.92. The predicted octanol–water partition coefficient (Wildman–Crippen LogP) is 1.34. The lowest BCUT2D eigenvalue weighted by atomic mass is 9.99. The molecule has 254 valence electrons. The molecule has 13 nitrogen and oxygen atoms in total. The first-order chi connectivity index (χ1) is 22.2. The number of amides is 3. The minimum Gasteiger partial charge on any atom is -0.450 e. The van der Waals surface area contributed by atoms with Gasteiger partial charge in [0.15, 0.2) is 11.7 Å². The van der Waals surface area contributed by atoms with Crippen molar-refractivity contribution in [1.29, 1.82) is 0 Å². The Kier molecular flexibility index (Phi) is 10.1. The first-order valence-corrected chi connectivity index (χ1v) is 18.0. The van der Waals surface area contributed by atoms with Gasteiger partial charge in [-0.05, 0) is 62.2 Å². The van der Waals surface area contributed by atoms with Gasteiger partial charge in [-0.2, -0.15) is 0 Å². The number of nitrogens with zero attached hydrogens (tertiary/aromatic N) is 3. The molecule has 3 aliphatic rings. The number of nitrogens with one attached hydrogen (secondary N) is 3. The summed E-state index contributed by atoms with van der Waals surface area (Å²) in [4.78, 5) is 59.1. The maximum absolute atomic E-state index is 14.1. The smallest absolute Gasteiger partial charge is 0.344 e. The van der Waals surface area contributed by atoms with Gasteiger partial charge >= 0.3 is 5.97 Å². The summed E-state index contributed by atoms with van der Waals surface area (Å²) >= 11 is 0. The number of pyridine rings is 1. The topological polar surface area (TPSA) is 159 Å². The van der Waals surface area contributed by atoms with Crippen molar-refractivity contribution in [1.82, 2.24) is 30.4 Å². The maximum Gasteiger partial charge on any atom is 0.344 e. The molecular formula is C33H44N6O7S. The van der Waals surface area contributed by atoms with Crippen LogP contribution in [0, 0.1) is 5.92 Å². The Balaban J connectivity index is 1.57. The number of hydrogen-bond donors (Lipinski definition) is 3. The molecule has 0 saturated carbocycles. The average Bonchev–Trinajstić information content (AvgIpc) is 3.04. The van der Waals surface area contributed by atoms with Gasteiger partial charge in [-0.25, -0.2) is 14.5 Å². The number of carbonyl (C=O) groups is 4. The summed E-state index contributed by atoms with van der Waals surface area (Å²) in [5.74, 6) is 1.14. The minimum atomic E-state index is -2.71. The zero-order chi connectivity index (χ0) is 34.1. The summed E-state index contributed by atoms with van der Waals surface area (Å²) in [5.41, 5.74) is 3.34. The van der Waals surface area contributed by atoms with Gasteiger partial charge in [0, 0.05) is 34.4 Å². The van der Waals surface area contributed by atoms with Crippen LogP contribution >= 0.6 is 0 Å². The van der Waals surface area contributed by atoms with Crippen molar-refractivity contribution in [3.05, 3.63) is 47.7 Å². The molecule has 0 radical (unpaired) electrons. The number of hydrazine groups is 1. The van der Waals surface area contributed by atoms with E-state index in [-0.39, 0.29) is 25.6 Å². The zero-order valence-corrected chi connectivity index (χ0v) is 28.3. The fourth-order valence-corrected chi connectivity index (χ4v) is 6.81. The van der Waals surface area contributed by atoms with Crippen LogP contribution in [0.1, 0.15) is 57.8 Å². The summed E-state index contributed by atoms with van der Waals surface area (Å²) in [6, 6.07) is 7.33. The van der Waals surface area contributed by atoms with Crippen LogP contribution in [0.3, 0.4) is 0 Å². The van der Waals surface area contributed by atoms with Crippen molar-refractivity contribution in [3.63, 3.8) is 0 Å². The van der Waals surface area contributed by atoms with Crippen molar-refractivity contribution in [2.45, 2.75) is 70.4 Å². The van der Waals surface area contributed by atoms with Gasteiger partial charge in [0.05, 0.1) is 30.4 Å². The van der Waals surface area contributed by atoms with Crippen molar-refractivity contribution in [2.75, 3.05) is 32.5 Å². The molecule has 2 fully saturated rings. The zero-order valence-electron chi connectivity index (χ0n) is 27.5. The number of cyclic esters (lactones) is 1. The largest absolute Gasteiger partial charge is 0.450 e. The van der Waals surface area contributed by atoms with E-state index in [0.717, 1.165) is 5.39 Å². The number of aromatic nitrogens is 1. The van der Waals surface area contributed by atoms with Crippen LogP contribution in [0.2, 0.25) is 0 Å². The molecule has 47 heavy (non-hydrogen) atoms. The van der Waals surface area contributed by atoms with E-state index in [1.165, 1.54) is 18.2 Å². The number of benzene rings is 1. The Morgan fingerprint density at radius 1 is 1.04 bits per heavy atom. The Labute approximate surface area is 275 Å². The number of ether oxygens (including phenoxy) is 2. The number of morpholine rings is 1. The molecule has 5 bridgehead atoms. The van der Waals surface area contributed by atoms with E-state index < -0.39 is 63.2 Å². The molecule has 5 rings (SSSR count). The third kappa shape index (κ3) is 7.67. The van der Waals surface area contributed by atoms with Crippen LogP contribution in [0.4, 0.5) is 0 Å². The summed E-state index contributed by atoms with van der Waals surface area (Å²) in [6.45, 7) is 7.43. The standard InChI is InChI=1S/C33H44N6O7S/c1-20(2)28-30(41)35-22(4)31(42)39-15-7-8-26(37-39)29(40)34-21(3)25-12-11-24-10-9-23(18-27(24)36-25)13-14-33(32(43)46-28)19-38(16-17-45-33)47(5,6)44/h9-14,18,20-22,26,28,37H,5,7-8,15-17,19H2,1-4,6H3,(H,34,40)(H,35,41)/b14-13+/t21-,22+,26+,28+,33?,47?/m1/s1. The van der Waals surface area contributed by atoms with Crippen LogP contribution in [0.5, 0.6) is 0 Å². The van der Waals surface area contributed by atoms with Gasteiger partial charge < -0.3 is 20.1 Å². The fraction of sp³-hybridized carbons (Fsp3) is 0.515. The number of rotatable bonds is 2. The molecule has 4 heterocycles. The first kappa shape index (κ1) is 34.5. The Hall–Kier alpha value is -3.85. The molecule has 1 aromatic heterocycles. The van der Waals surface area contributed by atoms with E-state index in [1.807, 2.05) is 37.3 Å². The molecule has 14 heteroatoms. The normalized spacial score (nSPS) is 30.5. The van der Waals surface area contributed by atoms with Crippen LogP contribution in [0.25, 0.3) is 17.0 Å². The highest BCUT2D eigenvalue weighted by atomic mass is 32.2. The highest BCUT2D eigenvalue weighted by molar-refractivity contribution is 7.97. The lowest BCUT2D eigenvalue weighted by Crippen LogP contribution is -2.61. The number of carbonyl (C=O) groups excluding carboxylic acids is 4. The fourth-order valence-electron chi connectivity index (χ4n) is 5.88. The maximum atomic E-state index is 14.1.